The fourth-order valence-corrected chi connectivity index (χ4v) is 3.43. The minimum absolute atomic E-state index is 0.357. The zero-order chi connectivity index (χ0) is 16.5. The average molecular weight is 326 g/mol. The van der Waals surface area contributed by atoms with Crippen LogP contribution in [0.15, 0.2) is 24.4 Å². The number of anilines is 1. The monoisotopic (exact) mass is 326 g/mol. The van der Waals surface area contributed by atoms with Gasteiger partial charge in [0.15, 0.2) is 0 Å². The maximum absolute atomic E-state index is 11.9. The summed E-state index contributed by atoms with van der Waals surface area (Å²) < 4.78 is 10.5. The van der Waals surface area contributed by atoms with Gasteiger partial charge in [0, 0.05) is 30.4 Å². The van der Waals surface area contributed by atoms with Gasteiger partial charge < -0.3 is 14.4 Å². The number of nitrogens with zero attached hydrogens (tertiary/aromatic N) is 2. The molecule has 0 bridgehead atoms. The number of morpholine rings is 1. The number of rotatable bonds is 4. The van der Waals surface area contributed by atoms with E-state index in [0.717, 1.165) is 37.1 Å². The van der Waals surface area contributed by atoms with Crippen molar-refractivity contribution in [2.24, 2.45) is 0 Å². The van der Waals surface area contributed by atoms with Crippen molar-refractivity contribution >= 4 is 22.4 Å². The Kier molecular flexibility index (Phi) is 4.10. The highest BCUT2D eigenvalue weighted by atomic mass is 16.5. The number of hydrogen-bond donors (Lipinski definition) is 0. The molecule has 1 aliphatic carbocycles. The quantitative estimate of drug-likeness (QED) is 0.808. The molecule has 2 heterocycles. The molecule has 1 aliphatic heterocycles. The van der Waals surface area contributed by atoms with Crippen LogP contribution in [0.1, 0.15) is 41.7 Å². The molecule has 5 nitrogen and oxygen atoms in total. The van der Waals surface area contributed by atoms with E-state index < -0.39 is 0 Å². The summed E-state index contributed by atoms with van der Waals surface area (Å²) >= 11 is 0. The smallest absolute Gasteiger partial charge is 0.356 e. The lowest BCUT2D eigenvalue weighted by atomic mass is 9.99. The molecule has 0 atom stereocenters. The first kappa shape index (κ1) is 15.4. The van der Waals surface area contributed by atoms with E-state index in [1.807, 2.05) is 12.3 Å². The van der Waals surface area contributed by atoms with Crippen LogP contribution in [0.3, 0.4) is 0 Å². The van der Waals surface area contributed by atoms with Crippen molar-refractivity contribution < 1.29 is 14.3 Å². The Labute approximate surface area is 141 Å². The first-order valence-electron chi connectivity index (χ1n) is 8.70. The van der Waals surface area contributed by atoms with E-state index in [9.17, 15) is 4.79 Å². The summed E-state index contributed by atoms with van der Waals surface area (Å²) in [5, 5.41) is 2.22. The van der Waals surface area contributed by atoms with Gasteiger partial charge in [0.2, 0.25) is 0 Å². The SMILES string of the molecule is CCOC(=O)c1cc2ccc(N3CCOCC3)c(C3CC3)c2cn1. The Morgan fingerprint density at radius 1 is 1.33 bits per heavy atom. The lowest BCUT2D eigenvalue weighted by Gasteiger charge is -2.31. The molecule has 1 aromatic carbocycles. The summed E-state index contributed by atoms with van der Waals surface area (Å²) in [6.45, 7) is 5.59. The van der Waals surface area contributed by atoms with Crippen molar-refractivity contribution in [2.75, 3.05) is 37.8 Å². The van der Waals surface area contributed by atoms with E-state index in [4.69, 9.17) is 9.47 Å². The molecule has 0 unspecified atom stereocenters. The zero-order valence-corrected chi connectivity index (χ0v) is 14.0. The van der Waals surface area contributed by atoms with E-state index >= 15 is 0 Å². The van der Waals surface area contributed by atoms with Crippen LogP contribution in [-0.2, 0) is 9.47 Å². The topological polar surface area (TPSA) is 51.7 Å². The van der Waals surface area contributed by atoms with E-state index in [1.165, 1.54) is 24.1 Å². The molecule has 5 heteroatoms. The minimum Gasteiger partial charge on any atom is -0.461 e. The fraction of sp³-hybridized carbons (Fsp3) is 0.474. The molecule has 2 aliphatic rings. The summed E-state index contributed by atoms with van der Waals surface area (Å²) in [6, 6.07) is 6.13. The molecule has 2 aromatic rings. The molecule has 4 rings (SSSR count). The van der Waals surface area contributed by atoms with Gasteiger partial charge in [-0.25, -0.2) is 9.78 Å². The van der Waals surface area contributed by atoms with Crippen molar-refractivity contribution in [1.82, 2.24) is 4.98 Å². The van der Waals surface area contributed by atoms with Crippen LogP contribution >= 0.6 is 0 Å². The third-order valence-corrected chi connectivity index (χ3v) is 4.74. The second-order valence-corrected chi connectivity index (χ2v) is 6.38. The fourth-order valence-electron chi connectivity index (χ4n) is 3.43. The Morgan fingerprint density at radius 2 is 2.12 bits per heavy atom. The molecule has 0 spiro atoms. The van der Waals surface area contributed by atoms with Gasteiger partial charge in [-0.1, -0.05) is 6.07 Å². The lowest BCUT2D eigenvalue weighted by Crippen LogP contribution is -2.36. The number of esters is 1. The van der Waals surface area contributed by atoms with E-state index in [-0.39, 0.29) is 5.97 Å². The number of benzene rings is 1. The van der Waals surface area contributed by atoms with Crippen LogP contribution < -0.4 is 4.90 Å². The minimum atomic E-state index is -0.357. The third-order valence-electron chi connectivity index (χ3n) is 4.74. The van der Waals surface area contributed by atoms with E-state index in [2.05, 4.69) is 22.0 Å². The van der Waals surface area contributed by atoms with Gasteiger partial charge in [-0.2, -0.15) is 0 Å². The van der Waals surface area contributed by atoms with Crippen molar-refractivity contribution in [2.45, 2.75) is 25.7 Å². The molecular weight excluding hydrogens is 304 g/mol. The first-order valence-corrected chi connectivity index (χ1v) is 8.70. The molecule has 0 radical (unpaired) electrons. The maximum Gasteiger partial charge on any atom is 0.356 e. The van der Waals surface area contributed by atoms with Crippen LogP contribution in [0.4, 0.5) is 5.69 Å². The third kappa shape index (κ3) is 2.84. The zero-order valence-electron chi connectivity index (χ0n) is 14.0. The standard InChI is InChI=1S/C19H22N2O3/c1-2-24-19(22)16-11-14-5-6-17(21-7-9-23-10-8-21)18(13-3-4-13)15(14)12-20-16/h5-6,11-13H,2-4,7-10H2,1H3. The summed E-state index contributed by atoms with van der Waals surface area (Å²) in [5.74, 6) is 0.256. The largest absolute Gasteiger partial charge is 0.461 e. The molecule has 0 N–H and O–H groups in total. The average Bonchev–Trinajstić information content (AvgIpc) is 3.46. The van der Waals surface area contributed by atoms with Gasteiger partial charge in [-0.15, -0.1) is 0 Å². The van der Waals surface area contributed by atoms with Crippen LogP contribution in [-0.4, -0.2) is 43.9 Å². The highest BCUT2D eigenvalue weighted by Gasteiger charge is 2.30. The predicted molar refractivity (Wildman–Crippen MR) is 92.7 cm³/mol. The highest BCUT2D eigenvalue weighted by molar-refractivity contribution is 5.96. The number of carbonyl (C=O) groups excluding carboxylic acids is 1. The Hall–Kier alpha value is -2.14. The number of hydrogen-bond acceptors (Lipinski definition) is 5. The summed E-state index contributed by atoms with van der Waals surface area (Å²) in [6.07, 6.45) is 4.31. The van der Waals surface area contributed by atoms with Crippen molar-refractivity contribution in [1.29, 1.82) is 0 Å². The molecule has 0 amide bonds. The molecule has 1 saturated heterocycles. The molecule has 2 fully saturated rings. The van der Waals surface area contributed by atoms with Crippen LogP contribution in [0.5, 0.6) is 0 Å². The van der Waals surface area contributed by atoms with Crippen LogP contribution in [0.2, 0.25) is 0 Å². The van der Waals surface area contributed by atoms with Gasteiger partial charge >= 0.3 is 5.97 Å². The Morgan fingerprint density at radius 3 is 2.83 bits per heavy atom. The van der Waals surface area contributed by atoms with Crippen molar-refractivity contribution in [3.8, 4) is 0 Å². The van der Waals surface area contributed by atoms with Crippen molar-refractivity contribution in [3.05, 3.63) is 35.7 Å². The van der Waals surface area contributed by atoms with Crippen molar-refractivity contribution in [3.63, 3.8) is 0 Å². The molecule has 1 aromatic heterocycles. The Balaban J connectivity index is 1.77. The highest BCUT2D eigenvalue weighted by Crippen LogP contribution is 2.47. The number of aromatic nitrogens is 1. The van der Waals surface area contributed by atoms with E-state index in [1.54, 1.807) is 6.92 Å². The van der Waals surface area contributed by atoms with Crippen LogP contribution in [0, 0.1) is 0 Å². The summed E-state index contributed by atoms with van der Waals surface area (Å²) in [7, 11) is 0. The number of ether oxygens (including phenoxy) is 2. The van der Waals surface area contributed by atoms with Gasteiger partial charge in [0.25, 0.3) is 0 Å². The van der Waals surface area contributed by atoms with Gasteiger partial charge in [-0.05, 0) is 48.8 Å². The predicted octanol–water partition coefficient (Wildman–Crippen LogP) is 3.13. The second kappa shape index (κ2) is 6.40. The van der Waals surface area contributed by atoms with Gasteiger partial charge in [-0.3, -0.25) is 0 Å². The number of fused-ring (bicyclic) bond motifs is 1. The van der Waals surface area contributed by atoms with Gasteiger partial charge in [0.05, 0.1) is 19.8 Å². The summed E-state index contributed by atoms with van der Waals surface area (Å²) in [5.41, 5.74) is 3.07. The Bertz CT molecular complexity index is 765. The second-order valence-electron chi connectivity index (χ2n) is 6.38. The molecule has 126 valence electrons. The van der Waals surface area contributed by atoms with Gasteiger partial charge in [0.1, 0.15) is 5.69 Å². The first-order chi connectivity index (χ1) is 11.8. The maximum atomic E-state index is 11.9. The molecular formula is C19H22N2O3. The normalized spacial score (nSPS) is 18.0. The molecule has 1 saturated carbocycles. The number of pyridine rings is 1. The molecule has 24 heavy (non-hydrogen) atoms. The number of carbonyl (C=O) groups is 1. The lowest BCUT2D eigenvalue weighted by molar-refractivity contribution is 0.0519. The van der Waals surface area contributed by atoms with E-state index in [0.29, 0.717) is 18.2 Å². The van der Waals surface area contributed by atoms with Crippen LogP contribution in [0.25, 0.3) is 10.8 Å². The summed E-state index contributed by atoms with van der Waals surface area (Å²) in [4.78, 5) is 18.7.